The largest absolute Gasteiger partial charge is 2.00 e. The minimum absolute atomic E-state index is 0. The second-order valence-corrected chi connectivity index (χ2v) is 20.7. The van der Waals surface area contributed by atoms with E-state index >= 15 is 0 Å². The number of hydrogen-bond donors (Lipinski definition) is 0. The number of rotatable bonds is 11. The Morgan fingerprint density at radius 1 is 0.643 bits per heavy atom. The smallest absolute Gasteiger partial charge is 1.00 e. The molecule has 0 saturated carbocycles. The van der Waals surface area contributed by atoms with Crippen LogP contribution in [0.4, 0.5) is 9.59 Å². The Kier molecular flexibility index (Phi) is 24.4. The summed E-state index contributed by atoms with van der Waals surface area (Å²) in [5.41, 5.74) is -0.234. The third-order valence-electron chi connectivity index (χ3n) is 11.1. The maximum absolute atomic E-state index is 13.0. The van der Waals surface area contributed by atoms with E-state index in [2.05, 4.69) is 0 Å². The molecule has 4 aliphatic heterocycles. The van der Waals surface area contributed by atoms with Crippen molar-refractivity contribution in [1.29, 1.82) is 0 Å². The molecular weight excluding hydrogens is 1020 g/mol. The maximum Gasteiger partial charge on any atom is 2.00 e. The van der Waals surface area contributed by atoms with Gasteiger partial charge in [-0.1, -0.05) is 61.6 Å². The average molecular weight is 1090 g/mol. The van der Waals surface area contributed by atoms with Crippen LogP contribution in [0, 0.1) is 19.3 Å². The topological polar surface area (TPSA) is 186 Å². The van der Waals surface area contributed by atoms with Gasteiger partial charge in [-0.15, -0.1) is 0 Å². The van der Waals surface area contributed by atoms with Crippen molar-refractivity contribution >= 4 is 80.8 Å². The molecule has 0 aromatic heterocycles. The van der Waals surface area contributed by atoms with Crippen molar-refractivity contribution in [3.63, 3.8) is 0 Å². The van der Waals surface area contributed by atoms with Crippen LogP contribution in [0.1, 0.15) is 73.4 Å². The number of nitrogens with zero attached hydrogens (tertiary/aromatic N) is 5. The van der Waals surface area contributed by atoms with Gasteiger partial charge in [-0.25, -0.2) is 14.7 Å². The maximum atomic E-state index is 13.0. The fourth-order valence-electron chi connectivity index (χ4n) is 7.46. The first-order valence-electron chi connectivity index (χ1n) is 22.0. The number of ketones is 1. The number of methoxy groups -OCH3 is 2. The number of carbonyl (C=O) groups is 4. The van der Waals surface area contributed by atoms with E-state index in [9.17, 15) is 19.2 Å². The van der Waals surface area contributed by atoms with Crippen molar-refractivity contribution in [1.82, 2.24) is 14.9 Å². The van der Waals surface area contributed by atoms with Crippen LogP contribution in [0.5, 0.6) is 11.5 Å². The molecule has 4 aliphatic rings. The SMILES string of the molecule is COc1ccc(CO[C@@H]2[C@H]3N=C(N(C)C(=O)OC(C)(C)C)S[C@H]3OC(C(C)=O)[C@H]2C)cc1.COc1ccc(CO[C@H]2[C@H](C)[C@@H](C(=O)N(C)OC)O[C@@H]3SC(N(C)C(=O)OC(C)(C)C)=N[C@H]23)cc1.[Br-].[CH3-].[Mg+2]. The van der Waals surface area contributed by atoms with Crippen LogP contribution in [-0.4, -0.2) is 173 Å². The molecule has 0 bridgehead atoms. The molecule has 2 aromatic rings. The number of hydrogen-bond acceptors (Lipinski definition) is 17. The Bertz CT molecular complexity index is 2110. The summed E-state index contributed by atoms with van der Waals surface area (Å²) >= 11 is 2.59. The molecule has 0 aliphatic carbocycles. The summed E-state index contributed by atoms with van der Waals surface area (Å²) in [5.74, 6) is 0.650. The number of likely N-dealkylation sites (N-methyl/N-ethyl adjacent to an activating group) is 1. The predicted octanol–water partition coefficient (Wildman–Crippen LogP) is 4.24. The minimum Gasteiger partial charge on any atom is -1.00 e. The molecule has 3 amide bonds. The zero-order valence-corrected chi connectivity index (χ0v) is 47.9. The number of thioether (sulfide) groups is 2. The van der Waals surface area contributed by atoms with Crippen molar-refractivity contribution < 1.29 is 78.9 Å². The van der Waals surface area contributed by atoms with Gasteiger partial charge in [0.25, 0.3) is 5.91 Å². The Balaban J connectivity index is 0.000000462. The van der Waals surface area contributed by atoms with Crippen LogP contribution in [0.25, 0.3) is 0 Å². The normalized spacial score (nSPS) is 25.5. The Hall–Kier alpha value is -3.19. The summed E-state index contributed by atoms with van der Waals surface area (Å²) in [6.45, 7) is 16.9. The van der Waals surface area contributed by atoms with Crippen molar-refractivity contribution in [3.05, 3.63) is 67.1 Å². The number of amides is 3. The van der Waals surface area contributed by atoms with Crippen LogP contribution < -0.4 is 26.5 Å². The number of ether oxygens (including phenoxy) is 8. The van der Waals surface area contributed by atoms with Crippen LogP contribution in [0.15, 0.2) is 58.5 Å². The van der Waals surface area contributed by atoms with Crippen LogP contribution in [0.3, 0.4) is 0 Å². The van der Waals surface area contributed by atoms with Crippen molar-refractivity contribution in [2.75, 3.05) is 42.5 Å². The molecule has 1 unspecified atom stereocenters. The fourth-order valence-corrected chi connectivity index (χ4v) is 9.76. The third-order valence-corrected chi connectivity index (χ3v) is 13.5. The molecule has 386 valence electrons. The summed E-state index contributed by atoms with van der Waals surface area (Å²) in [6.07, 6.45) is -3.18. The summed E-state index contributed by atoms with van der Waals surface area (Å²) in [5, 5.41) is 2.09. The molecule has 10 atom stereocenters. The van der Waals surface area contributed by atoms with E-state index in [4.69, 9.17) is 52.7 Å². The van der Waals surface area contributed by atoms with Gasteiger partial charge in [0, 0.05) is 33.0 Å². The Labute approximate surface area is 448 Å². The molecule has 18 nitrogen and oxygen atoms in total. The first-order valence-corrected chi connectivity index (χ1v) is 23.8. The number of amidine groups is 2. The second kappa shape index (κ2) is 27.2. The summed E-state index contributed by atoms with van der Waals surface area (Å²) < 4.78 is 46.3. The van der Waals surface area contributed by atoms with Gasteiger partial charge < -0.3 is 62.3 Å². The number of aliphatic imine (C=N–C) groups is 2. The van der Waals surface area contributed by atoms with E-state index in [-0.39, 0.29) is 83.1 Å². The number of halogens is 1. The van der Waals surface area contributed by atoms with Crippen LogP contribution >= 0.6 is 23.5 Å². The minimum atomic E-state index is -0.795. The van der Waals surface area contributed by atoms with E-state index in [0.717, 1.165) is 27.7 Å². The van der Waals surface area contributed by atoms with Crippen molar-refractivity contribution in [2.45, 2.75) is 134 Å². The van der Waals surface area contributed by atoms with Gasteiger partial charge in [0.1, 0.15) is 57.9 Å². The van der Waals surface area contributed by atoms with Gasteiger partial charge >= 0.3 is 35.2 Å². The van der Waals surface area contributed by atoms with E-state index in [1.165, 1.54) is 54.4 Å². The van der Waals surface area contributed by atoms with Gasteiger partial charge in [0.15, 0.2) is 16.1 Å². The third kappa shape index (κ3) is 16.4. The summed E-state index contributed by atoms with van der Waals surface area (Å²) in [4.78, 5) is 67.7. The van der Waals surface area contributed by atoms with Gasteiger partial charge in [0.05, 0.1) is 46.8 Å². The van der Waals surface area contributed by atoms with E-state index in [0.29, 0.717) is 23.5 Å². The number of benzene rings is 2. The molecule has 2 saturated heterocycles. The van der Waals surface area contributed by atoms with Gasteiger partial charge in [0.2, 0.25) is 0 Å². The molecular formula is C48H70BrMgN5O13S2. The molecule has 22 heteroatoms. The Morgan fingerprint density at radius 2 is 1.00 bits per heavy atom. The van der Waals surface area contributed by atoms with Crippen molar-refractivity contribution in [3.8, 4) is 11.5 Å². The second-order valence-electron chi connectivity index (χ2n) is 18.6. The van der Waals surface area contributed by atoms with Crippen LogP contribution in [-0.2, 0) is 56.1 Å². The fraction of sp³-hybridized carbons (Fsp3) is 0.604. The van der Waals surface area contributed by atoms with Gasteiger partial charge in [-0.3, -0.25) is 34.2 Å². The molecule has 0 spiro atoms. The van der Waals surface area contributed by atoms with E-state index < -0.39 is 58.6 Å². The molecule has 4 heterocycles. The quantitative estimate of drug-likeness (QED) is 0.177. The molecule has 0 radical (unpaired) electrons. The molecule has 0 N–H and O–H groups in total. The van der Waals surface area contributed by atoms with E-state index in [1.807, 2.05) is 83.1 Å². The number of fused-ring (bicyclic) bond motifs is 2. The Morgan fingerprint density at radius 3 is 1.33 bits per heavy atom. The monoisotopic (exact) mass is 1090 g/mol. The molecule has 2 aromatic carbocycles. The van der Waals surface area contributed by atoms with Crippen LogP contribution in [0.2, 0.25) is 0 Å². The number of carbonyl (C=O) groups excluding carboxylic acids is 4. The number of hydroxylamine groups is 2. The molecule has 70 heavy (non-hydrogen) atoms. The zero-order chi connectivity index (χ0) is 49.5. The molecule has 2 fully saturated rings. The predicted molar refractivity (Wildman–Crippen MR) is 267 cm³/mol. The summed E-state index contributed by atoms with van der Waals surface area (Å²) in [6, 6.07) is 14.5. The van der Waals surface area contributed by atoms with Gasteiger partial charge in [-0.05, 0) is 83.9 Å². The first kappa shape index (κ1) is 62.9. The zero-order valence-electron chi connectivity index (χ0n) is 43.3. The average Bonchev–Trinajstić information content (AvgIpc) is 3.91. The first-order chi connectivity index (χ1) is 31.4. The van der Waals surface area contributed by atoms with E-state index in [1.54, 1.807) is 49.1 Å². The standard InChI is InChI=1S/C24H35N3O7S.C23H32N2O6S.CH3.BrH.Mg/c1-14-18(32-13-15-9-11-16(30-7)12-10-15)17-21(33-19(14)20(28)27(6)31-8)35-22(25-17)26(5)23(29)34-24(2,3)4;1-13-18(14(2)26)30-20-17(19(13)29-12-15-8-10-16(28-7)11-9-15)24-21(32-20)25(6)22(27)31-23(3,4)5;;;/h9-12,14,17-19,21H,13H2,1-8H3;8-11,13,17-20H,12H2,1-7H3;1H3;1H;/q;;-1;;+2/p-1/t14-,17+,18-,19-,21+;13-,17-,18?,19+,20-;;;/m01.../s1. The molecule has 6 rings (SSSR count). The number of Topliss-reactive ketones (excluding diaryl/α,β-unsaturated/α-hetero) is 1. The van der Waals surface area contributed by atoms with Gasteiger partial charge in [-0.2, -0.15) is 0 Å². The van der Waals surface area contributed by atoms with Crippen molar-refractivity contribution in [2.24, 2.45) is 21.8 Å². The summed E-state index contributed by atoms with van der Waals surface area (Å²) in [7, 11) is 9.43.